The standard InChI is InChI=1S/C32H31N3O4/c1-21(22-6-3-2-4-7-22)38-32(36)34-24-12-10-23(11-13-24)31-29(19-33)28-15-14-26(39-27-16-17-37-20-27)18-30(28)35(31)25-8-5-9-25/h2-4,6-7,10-15,18,21,25,27H,5,8-9,16-17,20H2,1H3,(H,34,36). The smallest absolute Gasteiger partial charge is 0.412 e. The Kier molecular flexibility index (Phi) is 6.95. The highest BCUT2D eigenvalue weighted by Gasteiger charge is 2.28. The second kappa shape index (κ2) is 10.8. The molecule has 1 aliphatic carbocycles. The fourth-order valence-electron chi connectivity index (χ4n) is 5.39. The van der Waals surface area contributed by atoms with Crippen molar-refractivity contribution >= 4 is 22.7 Å². The summed E-state index contributed by atoms with van der Waals surface area (Å²) >= 11 is 0. The van der Waals surface area contributed by atoms with Gasteiger partial charge in [-0.1, -0.05) is 42.5 Å². The molecule has 2 atom stereocenters. The molecular formula is C32H31N3O4. The van der Waals surface area contributed by atoms with Gasteiger partial charge in [-0.3, -0.25) is 5.32 Å². The van der Waals surface area contributed by atoms with Crippen LogP contribution in [0.4, 0.5) is 10.5 Å². The van der Waals surface area contributed by atoms with Gasteiger partial charge >= 0.3 is 6.09 Å². The van der Waals surface area contributed by atoms with E-state index in [2.05, 4.69) is 22.0 Å². The molecule has 1 saturated heterocycles. The average Bonchev–Trinajstić information content (AvgIpc) is 3.54. The Hall–Kier alpha value is -4.28. The molecule has 1 N–H and O–H groups in total. The van der Waals surface area contributed by atoms with Crippen molar-refractivity contribution in [2.24, 2.45) is 0 Å². The fourth-order valence-corrected chi connectivity index (χ4v) is 5.39. The van der Waals surface area contributed by atoms with Gasteiger partial charge in [0.2, 0.25) is 0 Å². The predicted octanol–water partition coefficient (Wildman–Crippen LogP) is 7.38. The Balaban J connectivity index is 1.27. The number of amides is 1. The monoisotopic (exact) mass is 521 g/mol. The van der Waals surface area contributed by atoms with Gasteiger partial charge in [0.15, 0.2) is 0 Å². The van der Waals surface area contributed by atoms with Crippen LogP contribution in [0.5, 0.6) is 5.75 Å². The van der Waals surface area contributed by atoms with Crippen LogP contribution in [0.15, 0.2) is 72.8 Å². The van der Waals surface area contributed by atoms with Gasteiger partial charge in [0.1, 0.15) is 24.0 Å². The minimum absolute atomic E-state index is 0.0619. The Morgan fingerprint density at radius 2 is 1.87 bits per heavy atom. The number of fused-ring (bicyclic) bond motifs is 1. The van der Waals surface area contributed by atoms with Gasteiger partial charge in [0.25, 0.3) is 0 Å². The Bertz CT molecular complexity index is 1510. The minimum atomic E-state index is -0.513. The Labute approximate surface area is 227 Å². The van der Waals surface area contributed by atoms with Crippen molar-refractivity contribution in [1.82, 2.24) is 4.57 Å². The first-order chi connectivity index (χ1) is 19.1. The third-order valence-corrected chi connectivity index (χ3v) is 7.68. The summed E-state index contributed by atoms with van der Waals surface area (Å²) in [7, 11) is 0. The summed E-state index contributed by atoms with van der Waals surface area (Å²) < 4.78 is 19.5. The average molecular weight is 522 g/mol. The molecule has 3 aromatic carbocycles. The highest BCUT2D eigenvalue weighted by atomic mass is 16.6. The van der Waals surface area contributed by atoms with E-state index in [1.807, 2.05) is 73.7 Å². The quantitative estimate of drug-likeness (QED) is 0.274. The summed E-state index contributed by atoms with van der Waals surface area (Å²) in [5.41, 5.74) is 5.07. The van der Waals surface area contributed by atoms with Crippen LogP contribution < -0.4 is 10.1 Å². The zero-order chi connectivity index (χ0) is 26.8. The molecule has 198 valence electrons. The molecule has 1 aromatic heterocycles. The van der Waals surface area contributed by atoms with Crippen molar-refractivity contribution < 1.29 is 19.0 Å². The lowest BCUT2D eigenvalue weighted by Crippen LogP contribution is -2.18. The lowest BCUT2D eigenvalue weighted by molar-refractivity contribution is 0.121. The van der Waals surface area contributed by atoms with Crippen LogP contribution in [-0.4, -0.2) is 30.0 Å². The van der Waals surface area contributed by atoms with E-state index in [0.29, 0.717) is 23.9 Å². The largest absolute Gasteiger partial charge is 0.488 e. The van der Waals surface area contributed by atoms with Crippen LogP contribution in [0.3, 0.4) is 0 Å². The van der Waals surface area contributed by atoms with E-state index in [4.69, 9.17) is 14.2 Å². The molecule has 2 fully saturated rings. The summed E-state index contributed by atoms with van der Waals surface area (Å²) in [4.78, 5) is 12.5. The van der Waals surface area contributed by atoms with Gasteiger partial charge in [0, 0.05) is 29.6 Å². The molecule has 2 heterocycles. The highest BCUT2D eigenvalue weighted by Crippen LogP contribution is 2.43. The summed E-state index contributed by atoms with van der Waals surface area (Å²) in [6.07, 6.45) is 3.40. The van der Waals surface area contributed by atoms with Crippen molar-refractivity contribution in [2.45, 2.75) is 50.9 Å². The van der Waals surface area contributed by atoms with Crippen molar-refractivity contribution in [2.75, 3.05) is 18.5 Å². The lowest BCUT2D eigenvalue weighted by atomic mass is 9.92. The number of carbonyl (C=O) groups is 1. The van der Waals surface area contributed by atoms with Gasteiger partial charge in [-0.25, -0.2) is 4.79 Å². The first-order valence-corrected chi connectivity index (χ1v) is 13.6. The summed E-state index contributed by atoms with van der Waals surface area (Å²) in [5.74, 6) is 0.801. The number of nitrogens with one attached hydrogen (secondary N) is 1. The number of benzene rings is 3. The van der Waals surface area contributed by atoms with E-state index in [9.17, 15) is 10.1 Å². The maximum Gasteiger partial charge on any atom is 0.412 e. The number of aromatic nitrogens is 1. The first-order valence-electron chi connectivity index (χ1n) is 13.6. The molecule has 4 aromatic rings. The maximum absolute atomic E-state index is 12.5. The Morgan fingerprint density at radius 3 is 2.54 bits per heavy atom. The van der Waals surface area contributed by atoms with Crippen LogP contribution in [0.1, 0.15) is 55.9 Å². The lowest BCUT2D eigenvalue weighted by Gasteiger charge is -2.30. The zero-order valence-electron chi connectivity index (χ0n) is 21.9. The second-order valence-corrected chi connectivity index (χ2v) is 10.2. The number of nitrogens with zero attached hydrogens (tertiary/aromatic N) is 2. The molecule has 7 heteroatoms. The van der Waals surface area contributed by atoms with E-state index in [0.717, 1.165) is 59.3 Å². The van der Waals surface area contributed by atoms with Crippen molar-refractivity contribution in [3.05, 3.63) is 83.9 Å². The zero-order valence-corrected chi connectivity index (χ0v) is 21.9. The van der Waals surface area contributed by atoms with Gasteiger partial charge in [0.05, 0.1) is 30.0 Å². The molecule has 2 unspecified atom stereocenters. The summed E-state index contributed by atoms with van der Waals surface area (Å²) in [6, 6.07) is 26.0. The number of carbonyl (C=O) groups excluding carboxylic acids is 1. The van der Waals surface area contributed by atoms with Gasteiger partial charge in [-0.2, -0.15) is 5.26 Å². The van der Waals surface area contributed by atoms with E-state index >= 15 is 0 Å². The molecule has 1 aliphatic heterocycles. The molecule has 6 rings (SSSR count). The fraction of sp³-hybridized carbons (Fsp3) is 0.312. The second-order valence-electron chi connectivity index (χ2n) is 10.2. The summed E-state index contributed by atoms with van der Waals surface area (Å²) in [6.45, 7) is 3.18. The third kappa shape index (κ3) is 5.08. The molecule has 1 saturated carbocycles. The van der Waals surface area contributed by atoms with E-state index in [-0.39, 0.29) is 12.2 Å². The molecule has 0 spiro atoms. The number of hydrogen-bond donors (Lipinski definition) is 1. The number of nitriles is 1. The molecule has 7 nitrogen and oxygen atoms in total. The normalized spacial score (nSPS) is 17.8. The molecule has 2 aliphatic rings. The van der Waals surface area contributed by atoms with Crippen molar-refractivity contribution in [3.63, 3.8) is 0 Å². The third-order valence-electron chi connectivity index (χ3n) is 7.68. The van der Waals surface area contributed by atoms with Crippen molar-refractivity contribution in [3.8, 4) is 23.1 Å². The van der Waals surface area contributed by atoms with Gasteiger partial charge in [-0.15, -0.1) is 0 Å². The molecule has 1 amide bonds. The highest BCUT2D eigenvalue weighted by molar-refractivity contribution is 5.96. The van der Waals surface area contributed by atoms with Crippen LogP contribution in [0.2, 0.25) is 0 Å². The maximum atomic E-state index is 12.5. The number of hydrogen-bond acceptors (Lipinski definition) is 5. The molecule has 0 radical (unpaired) electrons. The van der Waals surface area contributed by atoms with Gasteiger partial charge < -0.3 is 18.8 Å². The number of rotatable bonds is 7. The van der Waals surface area contributed by atoms with Crippen LogP contribution in [0, 0.1) is 11.3 Å². The van der Waals surface area contributed by atoms with Crippen LogP contribution in [-0.2, 0) is 9.47 Å². The van der Waals surface area contributed by atoms with E-state index in [1.54, 1.807) is 0 Å². The van der Waals surface area contributed by atoms with E-state index in [1.165, 1.54) is 6.42 Å². The first kappa shape index (κ1) is 25.0. The molecule has 39 heavy (non-hydrogen) atoms. The number of anilines is 1. The van der Waals surface area contributed by atoms with Crippen LogP contribution >= 0.6 is 0 Å². The van der Waals surface area contributed by atoms with E-state index < -0.39 is 6.09 Å². The number of ether oxygens (including phenoxy) is 3. The van der Waals surface area contributed by atoms with Gasteiger partial charge in [-0.05, 0) is 61.6 Å². The summed E-state index contributed by atoms with van der Waals surface area (Å²) in [5, 5.41) is 14.0. The van der Waals surface area contributed by atoms with Crippen molar-refractivity contribution in [1.29, 1.82) is 5.26 Å². The molecular weight excluding hydrogens is 490 g/mol. The topological polar surface area (TPSA) is 85.5 Å². The molecule has 0 bridgehead atoms. The Morgan fingerprint density at radius 1 is 1.08 bits per heavy atom. The minimum Gasteiger partial charge on any atom is -0.488 e. The SMILES string of the molecule is CC(OC(=O)Nc1ccc(-c2c(C#N)c3ccc(OC4CCOC4)cc3n2C2CCC2)cc1)c1ccccc1. The predicted molar refractivity (Wildman–Crippen MR) is 150 cm³/mol. The van der Waals surface area contributed by atoms with Crippen LogP contribution in [0.25, 0.3) is 22.2 Å².